The van der Waals surface area contributed by atoms with Gasteiger partial charge in [0.25, 0.3) is 0 Å². The summed E-state index contributed by atoms with van der Waals surface area (Å²) in [5.41, 5.74) is -0.404. The quantitative estimate of drug-likeness (QED) is 0.632. The van der Waals surface area contributed by atoms with Gasteiger partial charge in [-0.2, -0.15) is 20.5 Å². The van der Waals surface area contributed by atoms with E-state index in [4.69, 9.17) is 20.9 Å². The molecule has 0 aliphatic heterocycles. The molecule has 10 heteroatoms. The largest absolute Gasteiger partial charge is 0.480 e. The molecule has 0 aliphatic carbocycles. The summed E-state index contributed by atoms with van der Waals surface area (Å²) in [6.07, 6.45) is 0. The van der Waals surface area contributed by atoms with Crippen molar-refractivity contribution in [1.82, 2.24) is 4.72 Å². The lowest BCUT2D eigenvalue weighted by Crippen LogP contribution is -2.38. The number of nitrogens with one attached hydrogen (secondary N) is 2. The first kappa shape index (κ1) is 18.7. The summed E-state index contributed by atoms with van der Waals surface area (Å²) >= 11 is 0. The summed E-state index contributed by atoms with van der Waals surface area (Å²) in [6, 6.07) is 8.49. The summed E-state index contributed by atoms with van der Waals surface area (Å²) in [5, 5.41) is 37.6. The molecule has 0 saturated heterocycles. The van der Waals surface area contributed by atoms with Crippen molar-refractivity contribution in [2.75, 3.05) is 5.32 Å². The Morgan fingerprint density at radius 2 is 1.67 bits per heavy atom. The van der Waals surface area contributed by atoms with Gasteiger partial charge in [0.2, 0.25) is 10.0 Å². The van der Waals surface area contributed by atoms with E-state index in [-0.39, 0.29) is 16.3 Å². The third-order valence-electron chi connectivity index (χ3n) is 2.72. The molecule has 0 saturated carbocycles. The first-order valence-corrected chi connectivity index (χ1v) is 7.80. The van der Waals surface area contributed by atoms with Gasteiger partial charge in [0.05, 0.1) is 4.90 Å². The fourth-order valence-electron chi connectivity index (χ4n) is 1.50. The maximum absolute atomic E-state index is 12.0. The van der Waals surface area contributed by atoms with Crippen LogP contribution in [0.25, 0.3) is 0 Å². The van der Waals surface area contributed by atoms with Crippen LogP contribution >= 0.6 is 0 Å². The van der Waals surface area contributed by atoms with E-state index in [1.165, 1.54) is 31.2 Å². The van der Waals surface area contributed by atoms with Crippen LogP contribution in [0.5, 0.6) is 0 Å². The van der Waals surface area contributed by atoms with Crippen molar-refractivity contribution in [3.8, 4) is 18.2 Å². The summed E-state index contributed by atoms with van der Waals surface area (Å²) in [4.78, 5) is 10.5. The van der Waals surface area contributed by atoms with E-state index in [1.54, 1.807) is 18.2 Å². The molecular weight excluding hydrogens is 334 g/mol. The molecule has 0 heterocycles. The zero-order valence-electron chi connectivity index (χ0n) is 12.3. The highest BCUT2D eigenvalue weighted by atomic mass is 32.2. The van der Waals surface area contributed by atoms with Crippen LogP contribution in [-0.2, 0) is 14.8 Å². The lowest BCUT2D eigenvalue weighted by Gasteiger charge is -2.11. The minimum absolute atomic E-state index is 0.176. The zero-order chi connectivity index (χ0) is 18.3. The number of nitrogens with zero attached hydrogens (tertiary/aromatic N) is 3. The molecule has 0 fully saturated rings. The normalized spacial score (nSPS) is 11.2. The number of hydrogen-bond donors (Lipinski definition) is 3. The fraction of sp³-hybridized carbons (Fsp3) is 0.143. The average Bonchev–Trinajstić information content (AvgIpc) is 2.54. The Labute approximate surface area is 138 Å². The maximum atomic E-state index is 12.0. The first-order chi connectivity index (χ1) is 11.2. The second-order valence-corrected chi connectivity index (χ2v) is 6.13. The number of aliphatic carboxylic acids is 1. The summed E-state index contributed by atoms with van der Waals surface area (Å²) < 4.78 is 26.0. The molecule has 1 rings (SSSR count). The molecule has 1 aromatic carbocycles. The highest BCUT2D eigenvalue weighted by molar-refractivity contribution is 7.89. The molecule has 1 atom stereocenters. The van der Waals surface area contributed by atoms with Gasteiger partial charge in [-0.25, -0.2) is 8.42 Å². The van der Waals surface area contributed by atoms with Crippen molar-refractivity contribution >= 4 is 21.7 Å². The number of anilines is 1. The van der Waals surface area contributed by atoms with Gasteiger partial charge in [-0.05, 0) is 31.2 Å². The minimum Gasteiger partial charge on any atom is -0.480 e. The lowest BCUT2D eigenvalue weighted by molar-refractivity contribution is -0.138. The average molecular weight is 345 g/mol. The van der Waals surface area contributed by atoms with Crippen LogP contribution in [0.4, 0.5) is 5.69 Å². The Hall–Kier alpha value is -3.39. The van der Waals surface area contributed by atoms with Crippen LogP contribution in [0.3, 0.4) is 0 Å². The first-order valence-electron chi connectivity index (χ1n) is 6.32. The van der Waals surface area contributed by atoms with Crippen LogP contribution in [0.15, 0.2) is 40.4 Å². The molecule has 0 aliphatic rings. The molecule has 122 valence electrons. The molecule has 0 amide bonds. The number of rotatable bonds is 6. The number of carboxylic acid groups (broad SMARTS) is 1. The number of allylic oxidation sites excluding steroid dienone is 2. The third kappa shape index (κ3) is 4.55. The lowest BCUT2D eigenvalue weighted by atomic mass is 10.2. The Balaban J connectivity index is 3.05. The van der Waals surface area contributed by atoms with Gasteiger partial charge in [0.15, 0.2) is 5.57 Å². The predicted molar refractivity (Wildman–Crippen MR) is 81.3 cm³/mol. The molecule has 24 heavy (non-hydrogen) atoms. The Morgan fingerprint density at radius 3 is 2.08 bits per heavy atom. The number of nitriles is 3. The monoisotopic (exact) mass is 345 g/mol. The van der Waals surface area contributed by atoms with Gasteiger partial charge in [-0.1, -0.05) is 0 Å². The zero-order valence-corrected chi connectivity index (χ0v) is 13.1. The van der Waals surface area contributed by atoms with Gasteiger partial charge >= 0.3 is 5.97 Å². The van der Waals surface area contributed by atoms with Gasteiger partial charge in [0, 0.05) is 5.69 Å². The van der Waals surface area contributed by atoms with Crippen LogP contribution in [-0.4, -0.2) is 25.5 Å². The smallest absolute Gasteiger partial charge is 0.321 e. The van der Waals surface area contributed by atoms with Crippen LogP contribution < -0.4 is 10.0 Å². The molecule has 0 spiro atoms. The molecule has 0 bridgehead atoms. The number of hydrogen-bond acceptors (Lipinski definition) is 7. The van der Waals surface area contributed by atoms with Gasteiger partial charge in [-0.3, -0.25) is 4.79 Å². The van der Waals surface area contributed by atoms with Gasteiger partial charge in [0.1, 0.15) is 29.9 Å². The Kier molecular flexibility index (Phi) is 6.02. The van der Waals surface area contributed by atoms with E-state index < -0.39 is 27.6 Å². The Morgan fingerprint density at radius 1 is 1.12 bits per heavy atom. The third-order valence-corrected chi connectivity index (χ3v) is 4.28. The van der Waals surface area contributed by atoms with Crippen molar-refractivity contribution in [2.24, 2.45) is 0 Å². The Bertz CT molecular complexity index is 882. The SMILES string of the molecule is CC(NS(=O)(=O)c1ccc(NC(C#N)=C(C#N)C#N)cc1)C(=O)O. The van der Waals surface area contributed by atoms with Gasteiger partial charge in [-0.15, -0.1) is 0 Å². The van der Waals surface area contributed by atoms with Crippen molar-refractivity contribution in [3.05, 3.63) is 35.5 Å². The standard InChI is InChI=1S/C14H11N5O4S/c1-9(14(20)21)19-24(22,23)12-4-2-11(3-5-12)18-13(8-17)10(6-15)7-16/h2-5,9,18-19H,1H3,(H,20,21). The van der Waals surface area contributed by atoms with Gasteiger partial charge < -0.3 is 10.4 Å². The second-order valence-electron chi connectivity index (χ2n) is 4.42. The molecule has 9 nitrogen and oxygen atoms in total. The van der Waals surface area contributed by atoms with E-state index in [9.17, 15) is 13.2 Å². The van der Waals surface area contributed by atoms with Crippen molar-refractivity contribution < 1.29 is 18.3 Å². The maximum Gasteiger partial charge on any atom is 0.321 e. The van der Waals surface area contributed by atoms with E-state index in [0.29, 0.717) is 0 Å². The molecule has 0 radical (unpaired) electrons. The van der Waals surface area contributed by atoms with Crippen LogP contribution in [0, 0.1) is 34.0 Å². The number of carboxylic acids is 1. The van der Waals surface area contributed by atoms with E-state index in [1.807, 2.05) is 4.72 Å². The van der Waals surface area contributed by atoms with E-state index in [2.05, 4.69) is 5.32 Å². The number of sulfonamides is 1. The molecular formula is C14H11N5O4S. The fourth-order valence-corrected chi connectivity index (χ4v) is 2.69. The molecule has 1 aromatic rings. The van der Waals surface area contributed by atoms with E-state index in [0.717, 1.165) is 0 Å². The molecule has 1 unspecified atom stereocenters. The van der Waals surface area contributed by atoms with Crippen molar-refractivity contribution in [1.29, 1.82) is 15.8 Å². The van der Waals surface area contributed by atoms with E-state index >= 15 is 0 Å². The van der Waals surface area contributed by atoms with Crippen molar-refractivity contribution in [3.63, 3.8) is 0 Å². The molecule has 0 aromatic heterocycles. The minimum atomic E-state index is -4.02. The highest BCUT2D eigenvalue weighted by Crippen LogP contribution is 2.16. The topological polar surface area (TPSA) is 167 Å². The summed E-state index contributed by atoms with van der Waals surface area (Å²) in [5.74, 6) is -1.32. The summed E-state index contributed by atoms with van der Waals surface area (Å²) in [6.45, 7) is 1.19. The number of benzene rings is 1. The second kappa shape index (κ2) is 7.75. The predicted octanol–water partition coefficient (Wildman–Crippen LogP) is 0.675. The summed E-state index contributed by atoms with van der Waals surface area (Å²) in [7, 11) is -4.02. The van der Waals surface area contributed by atoms with Crippen molar-refractivity contribution in [2.45, 2.75) is 17.9 Å². The number of carbonyl (C=O) groups is 1. The van der Waals surface area contributed by atoms with Crippen LogP contribution in [0.1, 0.15) is 6.92 Å². The van der Waals surface area contributed by atoms with Crippen LogP contribution in [0.2, 0.25) is 0 Å². The highest BCUT2D eigenvalue weighted by Gasteiger charge is 2.21. The molecule has 3 N–H and O–H groups in total.